The second kappa shape index (κ2) is 9.95. The highest BCUT2D eigenvalue weighted by atomic mass is 32.1. The Labute approximate surface area is 130 Å². The van der Waals surface area contributed by atoms with E-state index >= 15 is 0 Å². The Morgan fingerprint density at radius 2 is 1.86 bits per heavy atom. The van der Waals surface area contributed by atoms with Crippen LogP contribution in [0.1, 0.15) is 5.56 Å². The van der Waals surface area contributed by atoms with E-state index in [0.29, 0.717) is 24.8 Å². The standard InChI is InChI=1S/C14H21N3O3S/c1-19-8-7-15-13(18)10-17-14(21)16-9-11-3-5-12(20-2)6-4-11/h3-6H,7-10H2,1-2H3,(H,15,18)(H2,16,17,21). The zero-order valence-electron chi connectivity index (χ0n) is 12.3. The molecule has 3 N–H and O–H groups in total. The lowest BCUT2D eigenvalue weighted by Gasteiger charge is -2.11. The molecule has 0 saturated heterocycles. The molecule has 0 spiro atoms. The van der Waals surface area contributed by atoms with Gasteiger partial charge in [0.1, 0.15) is 5.75 Å². The van der Waals surface area contributed by atoms with Crippen molar-refractivity contribution >= 4 is 23.2 Å². The van der Waals surface area contributed by atoms with Crippen molar-refractivity contribution < 1.29 is 14.3 Å². The van der Waals surface area contributed by atoms with Crippen LogP contribution in [0.2, 0.25) is 0 Å². The molecule has 6 nitrogen and oxygen atoms in total. The molecule has 0 aromatic heterocycles. The van der Waals surface area contributed by atoms with Gasteiger partial charge in [-0.25, -0.2) is 0 Å². The number of amides is 1. The molecule has 0 heterocycles. The zero-order chi connectivity index (χ0) is 15.5. The smallest absolute Gasteiger partial charge is 0.239 e. The molecule has 0 atom stereocenters. The van der Waals surface area contributed by atoms with Gasteiger partial charge in [-0.3, -0.25) is 4.79 Å². The molecule has 7 heteroatoms. The first-order chi connectivity index (χ1) is 10.2. The Hall–Kier alpha value is -1.86. The molecule has 0 aliphatic carbocycles. The number of nitrogens with one attached hydrogen (secondary N) is 3. The van der Waals surface area contributed by atoms with Crippen LogP contribution < -0.4 is 20.7 Å². The van der Waals surface area contributed by atoms with Crippen LogP contribution in [-0.4, -0.2) is 44.9 Å². The number of ether oxygens (including phenoxy) is 2. The van der Waals surface area contributed by atoms with E-state index < -0.39 is 0 Å². The van der Waals surface area contributed by atoms with Gasteiger partial charge in [0.25, 0.3) is 0 Å². The van der Waals surface area contributed by atoms with E-state index in [1.165, 1.54) is 0 Å². The Morgan fingerprint density at radius 1 is 1.14 bits per heavy atom. The van der Waals surface area contributed by atoms with Crippen molar-refractivity contribution in [3.05, 3.63) is 29.8 Å². The number of hydrogen-bond donors (Lipinski definition) is 3. The second-order valence-electron chi connectivity index (χ2n) is 4.23. The maximum atomic E-state index is 11.4. The minimum Gasteiger partial charge on any atom is -0.497 e. The highest BCUT2D eigenvalue weighted by Gasteiger charge is 2.02. The third-order valence-corrected chi connectivity index (χ3v) is 2.94. The fraction of sp³-hybridized carbons (Fsp3) is 0.429. The molecule has 1 aromatic rings. The highest BCUT2D eigenvalue weighted by Crippen LogP contribution is 2.10. The third-order valence-electron chi connectivity index (χ3n) is 2.65. The lowest BCUT2D eigenvalue weighted by molar-refractivity contribution is -0.120. The Kier molecular flexibility index (Phi) is 8.15. The quantitative estimate of drug-likeness (QED) is 0.477. The van der Waals surface area contributed by atoms with Crippen LogP contribution in [0.15, 0.2) is 24.3 Å². The summed E-state index contributed by atoms with van der Waals surface area (Å²) in [5.41, 5.74) is 1.07. The molecule has 1 rings (SSSR count). The zero-order valence-corrected chi connectivity index (χ0v) is 13.1. The molecule has 0 radical (unpaired) electrons. The van der Waals surface area contributed by atoms with Crippen LogP contribution in [0.3, 0.4) is 0 Å². The summed E-state index contributed by atoms with van der Waals surface area (Å²) in [6.07, 6.45) is 0. The van der Waals surface area contributed by atoms with Crippen molar-refractivity contribution in [2.75, 3.05) is 33.9 Å². The summed E-state index contributed by atoms with van der Waals surface area (Å²) >= 11 is 5.10. The predicted octanol–water partition coefficient (Wildman–Crippen LogP) is 0.422. The summed E-state index contributed by atoms with van der Waals surface area (Å²) in [5.74, 6) is 0.688. The summed E-state index contributed by atoms with van der Waals surface area (Å²) in [6.45, 7) is 1.70. The molecule has 0 aliphatic rings. The van der Waals surface area contributed by atoms with Gasteiger partial charge in [0.05, 0.1) is 20.3 Å². The van der Waals surface area contributed by atoms with Crippen LogP contribution in [0.25, 0.3) is 0 Å². The molecular formula is C14H21N3O3S. The lowest BCUT2D eigenvalue weighted by atomic mass is 10.2. The molecule has 0 saturated carbocycles. The van der Waals surface area contributed by atoms with E-state index in [-0.39, 0.29) is 12.5 Å². The minimum atomic E-state index is -0.124. The van der Waals surface area contributed by atoms with Crippen molar-refractivity contribution in [3.63, 3.8) is 0 Å². The predicted molar refractivity (Wildman–Crippen MR) is 85.3 cm³/mol. The Balaban J connectivity index is 2.19. The molecule has 1 aromatic carbocycles. The van der Waals surface area contributed by atoms with E-state index in [0.717, 1.165) is 11.3 Å². The monoisotopic (exact) mass is 311 g/mol. The first kappa shape index (κ1) is 17.2. The normalized spacial score (nSPS) is 9.81. The van der Waals surface area contributed by atoms with E-state index in [1.54, 1.807) is 14.2 Å². The Bertz CT molecular complexity index is 451. The molecule has 1 amide bonds. The average molecular weight is 311 g/mol. The molecule has 0 aliphatic heterocycles. The van der Waals surface area contributed by atoms with Gasteiger partial charge in [-0.05, 0) is 29.9 Å². The van der Waals surface area contributed by atoms with Crippen molar-refractivity contribution in [3.8, 4) is 5.75 Å². The van der Waals surface area contributed by atoms with E-state index in [9.17, 15) is 4.79 Å². The minimum absolute atomic E-state index is 0.124. The fourth-order valence-electron chi connectivity index (χ4n) is 1.50. The fourth-order valence-corrected chi connectivity index (χ4v) is 1.65. The molecular weight excluding hydrogens is 290 g/mol. The number of benzene rings is 1. The summed E-state index contributed by atoms with van der Waals surface area (Å²) in [5, 5.41) is 9.01. The third kappa shape index (κ3) is 7.48. The van der Waals surface area contributed by atoms with Crippen LogP contribution in [0.5, 0.6) is 5.75 Å². The van der Waals surface area contributed by atoms with Gasteiger partial charge in [-0.15, -0.1) is 0 Å². The number of carbonyl (C=O) groups is 1. The molecule has 0 unspecified atom stereocenters. The Morgan fingerprint density at radius 3 is 2.48 bits per heavy atom. The van der Waals surface area contributed by atoms with Crippen molar-refractivity contribution in [1.82, 2.24) is 16.0 Å². The molecule has 116 valence electrons. The summed E-state index contributed by atoms with van der Waals surface area (Å²) in [4.78, 5) is 11.4. The SMILES string of the molecule is COCCNC(=O)CNC(=S)NCc1ccc(OC)cc1. The highest BCUT2D eigenvalue weighted by molar-refractivity contribution is 7.80. The summed E-state index contributed by atoms with van der Waals surface area (Å²) < 4.78 is 9.93. The molecule has 21 heavy (non-hydrogen) atoms. The molecule has 0 bridgehead atoms. The number of rotatable bonds is 8. The van der Waals surface area contributed by atoms with Gasteiger partial charge in [0.15, 0.2) is 5.11 Å². The maximum Gasteiger partial charge on any atom is 0.239 e. The van der Waals surface area contributed by atoms with E-state index in [4.69, 9.17) is 21.7 Å². The van der Waals surface area contributed by atoms with Crippen molar-refractivity contribution in [2.45, 2.75) is 6.54 Å². The van der Waals surface area contributed by atoms with Gasteiger partial charge in [-0.2, -0.15) is 0 Å². The first-order valence-electron chi connectivity index (χ1n) is 6.56. The number of methoxy groups -OCH3 is 2. The number of thiocarbonyl (C=S) groups is 1. The van der Waals surface area contributed by atoms with Gasteiger partial charge in [0, 0.05) is 20.2 Å². The summed E-state index contributed by atoms with van der Waals surface area (Å²) in [7, 11) is 3.21. The first-order valence-corrected chi connectivity index (χ1v) is 6.96. The number of hydrogen-bond acceptors (Lipinski definition) is 4. The van der Waals surface area contributed by atoms with Gasteiger partial charge < -0.3 is 25.4 Å². The van der Waals surface area contributed by atoms with E-state index in [2.05, 4.69) is 16.0 Å². The largest absolute Gasteiger partial charge is 0.497 e. The van der Waals surface area contributed by atoms with Crippen LogP contribution >= 0.6 is 12.2 Å². The number of carbonyl (C=O) groups excluding carboxylic acids is 1. The van der Waals surface area contributed by atoms with Crippen molar-refractivity contribution in [1.29, 1.82) is 0 Å². The molecule has 0 fully saturated rings. The van der Waals surface area contributed by atoms with E-state index in [1.807, 2.05) is 24.3 Å². The maximum absolute atomic E-state index is 11.4. The second-order valence-corrected chi connectivity index (χ2v) is 4.64. The van der Waals surface area contributed by atoms with Crippen LogP contribution in [0, 0.1) is 0 Å². The topological polar surface area (TPSA) is 71.6 Å². The summed E-state index contributed by atoms with van der Waals surface area (Å²) in [6, 6.07) is 7.67. The van der Waals surface area contributed by atoms with Gasteiger partial charge in [-0.1, -0.05) is 12.1 Å². The van der Waals surface area contributed by atoms with Gasteiger partial charge >= 0.3 is 0 Å². The van der Waals surface area contributed by atoms with Crippen LogP contribution in [0.4, 0.5) is 0 Å². The van der Waals surface area contributed by atoms with Crippen LogP contribution in [-0.2, 0) is 16.1 Å². The van der Waals surface area contributed by atoms with Gasteiger partial charge in [0.2, 0.25) is 5.91 Å². The van der Waals surface area contributed by atoms with Crippen molar-refractivity contribution in [2.24, 2.45) is 0 Å². The average Bonchev–Trinajstić information content (AvgIpc) is 2.51. The lowest BCUT2D eigenvalue weighted by Crippen LogP contribution is -2.42.